The van der Waals surface area contributed by atoms with Crippen molar-refractivity contribution in [3.8, 4) is 0 Å². The van der Waals surface area contributed by atoms with E-state index in [0.717, 1.165) is 23.2 Å². The van der Waals surface area contributed by atoms with Crippen molar-refractivity contribution in [1.29, 1.82) is 0 Å². The molecule has 0 saturated carbocycles. The zero-order chi connectivity index (χ0) is 13.0. The molecule has 2 aromatic carbocycles. The van der Waals surface area contributed by atoms with Gasteiger partial charge in [0.1, 0.15) is 0 Å². The van der Waals surface area contributed by atoms with Crippen LogP contribution in [-0.2, 0) is 12.8 Å². The van der Waals surface area contributed by atoms with E-state index in [1.807, 2.05) is 36.4 Å². The Labute approximate surface area is 106 Å². The number of rotatable bonds is 4. The van der Waals surface area contributed by atoms with Gasteiger partial charge in [0.15, 0.2) is 0 Å². The van der Waals surface area contributed by atoms with E-state index < -0.39 is 5.97 Å². The van der Waals surface area contributed by atoms with Gasteiger partial charge in [-0.2, -0.15) is 0 Å². The number of carbonyl (C=O) groups is 1. The lowest BCUT2D eigenvalue weighted by Gasteiger charge is -2.06. The second-order valence-corrected chi connectivity index (χ2v) is 4.21. The average Bonchev–Trinajstić information content (AvgIpc) is 2.37. The third-order valence-electron chi connectivity index (χ3n) is 2.88. The van der Waals surface area contributed by atoms with E-state index in [4.69, 9.17) is 10.8 Å². The lowest BCUT2D eigenvalue weighted by Crippen LogP contribution is -2.03. The van der Waals surface area contributed by atoms with Crippen LogP contribution in [0.3, 0.4) is 0 Å². The Balaban J connectivity index is 2.13. The van der Waals surface area contributed by atoms with Crippen LogP contribution in [0.25, 0.3) is 0 Å². The Hall–Kier alpha value is -2.29. The van der Waals surface area contributed by atoms with E-state index in [1.165, 1.54) is 0 Å². The largest absolute Gasteiger partial charge is 0.478 e. The summed E-state index contributed by atoms with van der Waals surface area (Å²) in [6.45, 7) is 0. The van der Waals surface area contributed by atoms with Crippen LogP contribution in [0.4, 0.5) is 5.69 Å². The molecule has 2 aromatic rings. The number of hydrogen-bond acceptors (Lipinski definition) is 2. The number of carboxylic acids is 1. The van der Waals surface area contributed by atoms with Crippen molar-refractivity contribution >= 4 is 11.7 Å². The monoisotopic (exact) mass is 241 g/mol. The minimum absolute atomic E-state index is 0.376. The first-order chi connectivity index (χ1) is 8.66. The van der Waals surface area contributed by atoms with Crippen molar-refractivity contribution in [3.63, 3.8) is 0 Å². The summed E-state index contributed by atoms with van der Waals surface area (Å²) in [5.74, 6) is -0.877. The minimum atomic E-state index is -0.877. The summed E-state index contributed by atoms with van der Waals surface area (Å²) in [6, 6.07) is 14.8. The molecule has 18 heavy (non-hydrogen) atoms. The third kappa shape index (κ3) is 2.88. The second-order valence-electron chi connectivity index (χ2n) is 4.21. The molecule has 0 amide bonds. The van der Waals surface area contributed by atoms with E-state index in [9.17, 15) is 4.79 Å². The first-order valence-corrected chi connectivity index (χ1v) is 5.82. The molecule has 0 fully saturated rings. The van der Waals surface area contributed by atoms with E-state index in [0.29, 0.717) is 12.0 Å². The standard InChI is InChI=1S/C15H15NO2/c16-13-6-3-4-11(10-13)8-9-12-5-1-2-7-14(12)15(17)18/h1-7,10H,8-9,16H2,(H,17,18). The maximum Gasteiger partial charge on any atom is 0.335 e. The first-order valence-electron chi connectivity index (χ1n) is 5.82. The zero-order valence-corrected chi connectivity index (χ0v) is 9.97. The number of nitrogens with two attached hydrogens (primary N) is 1. The molecular formula is C15H15NO2. The number of anilines is 1. The van der Waals surface area contributed by atoms with Crippen LogP contribution in [-0.4, -0.2) is 11.1 Å². The van der Waals surface area contributed by atoms with Gasteiger partial charge in [-0.3, -0.25) is 0 Å². The summed E-state index contributed by atoms with van der Waals surface area (Å²) in [6.07, 6.45) is 1.49. The molecule has 3 nitrogen and oxygen atoms in total. The second kappa shape index (κ2) is 5.36. The number of carboxylic acid groups (broad SMARTS) is 1. The number of aromatic carboxylic acids is 1. The van der Waals surface area contributed by atoms with Gasteiger partial charge in [-0.1, -0.05) is 30.3 Å². The Morgan fingerprint density at radius 1 is 1.06 bits per heavy atom. The molecule has 0 bridgehead atoms. The minimum Gasteiger partial charge on any atom is -0.478 e. The highest BCUT2D eigenvalue weighted by Crippen LogP contribution is 2.14. The molecule has 0 aliphatic heterocycles. The summed E-state index contributed by atoms with van der Waals surface area (Å²) < 4.78 is 0. The fraction of sp³-hybridized carbons (Fsp3) is 0.133. The molecule has 0 heterocycles. The van der Waals surface area contributed by atoms with Crippen LogP contribution < -0.4 is 5.73 Å². The Morgan fingerprint density at radius 3 is 2.56 bits per heavy atom. The highest BCUT2D eigenvalue weighted by Gasteiger charge is 2.08. The zero-order valence-electron chi connectivity index (χ0n) is 9.97. The van der Waals surface area contributed by atoms with Crippen molar-refractivity contribution < 1.29 is 9.90 Å². The fourth-order valence-corrected chi connectivity index (χ4v) is 1.97. The van der Waals surface area contributed by atoms with Gasteiger partial charge < -0.3 is 10.8 Å². The van der Waals surface area contributed by atoms with Gasteiger partial charge in [-0.15, -0.1) is 0 Å². The van der Waals surface area contributed by atoms with Crippen LogP contribution in [0.2, 0.25) is 0 Å². The molecular weight excluding hydrogens is 226 g/mol. The molecule has 0 atom stereocenters. The molecule has 0 saturated heterocycles. The molecule has 3 N–H and O–H groups in total. The highest BCUT2D eigenvalue weighted by molar-refractivity contribution is 5.89. The van der Waals surface area contributed by atoms with Gasteiger partial charge in [-0.05, 0) is 42.2 Å². The van der Waals surface area contributed by atoms with Crippen molar-refractivity contribution in [2.45, 2.75) is 12.8 Å². The van der Waals surface area contributed by atoms with Gasteiger partial charge in [-0.25, -0.2) is 4.79 Å². The maximum absolute atomic E-state index is 11.1. The molecule has 0 radical (unpaired) electrons. The van der Waals surface area contributed by atoms with Gasteiger partial charge in [0, 0.05) is 5.69 Å². The molecule has 0 aliphatic carbocycles. The lowest BCUT2D eigenvalue weighted by molar-refractivity contribution is 0.0695. The van der Waals surface area contributed by atoms with Gasteiger partial charge >= 0.3 is 5.97 Å². The quantitative estimate of drug-likeness (QED) is 0.809. The number of benzene rings is 2. The van der Waals surface area contributed by atoms with E-state index in [-0.39, 0.29) is 0 Å². The van der Waals surface area contributed by atoms with Crippen molar-refractivity contribution in [3.05, 3.63) is 65.2 Å². The maximum atomic E-state index is 11.1. The van der Waals surface area contributed by atoms with E-state index in [1.54, 1.807) is 12.1 Å². The van der Waals surface area contributed by atoms with Crippen LogP contribution in [0.15, 0.2) is 48.5 Å². The third-order valence-corrected chi connectivity index (χ3v) is 2.88. The van der Waals surface area contributed by atoms with Crippen LogP contribution >= 0.6 is 0 Å². The topological polar surface area (TPSA) is 63.3 Å². The summed E-state index contributed by atoms with van der Waals surface area (Å²) in [5.41, 5.74) is 8.80. The SMILES string of the molecule is Nc1cccc(CCc2ccccc2C(=O)O)c1. The summed E-state index contributed by atoms with van der Waals surface area (Å²) in [7, 11) is 0. The summed E-state index contributed by atoms with van der Waals surface area (Å²) in [5, 5.41) is 9.09. The highest BCUT2D eigenvalue weighted by atomic mass is 16.4. The predicted octanol–water partition coefficient (Wildman–Crippen LogP) is 2.75. The number of aryl methyl sites for hydroxylation is 2. The molecule has 0 unspecified atom stereocenters. The van der Waals surface area contributed by atoms with Crippen LogP contribution in [0.1, 0.15) is 21.5 Å². The fourth-order valence-electron chi connectivity index (χ4n) is 1.97. The number of nitrogen functional groups attached to an aromatic ring is 1. The van der Waals surface area contributed by atoms with E-state index in [2.05, 4.69) is 0 Å². The molecule has 3 heteroatoms. The van der Waals surface area contributed by atoms with Gasteiger partial charge in [0.2, 0.25) is 0 Å². The molecule has 0 aromatic heterocycles. The van der Waals surface area contributed by atoms with Crippen LogP contribution in [0, 0.1) is 0 Å². The molecule has 92 valence electrons. The molecule has 2 rings (SSSR count). The average molecular weight is 241 g/mol. The predicted molar refractivity (Wildman–Crippen MR) is 71.7 cm³/mol. The Bertz CT molecular complexity index is 564. The molecule has 0 spiro atoms. The normalized spacial score (nSPS) is 10.2. The van der Waals surface area contributed by atoms with Gasteiger partial charge in [0.05, 0.1) is 5.56 Å². The molecule has 0 aliphatic rings. The van der Waals surface area contributed by atoms with Crippen molar-refractivity contribution in [2.75, 3.05) is 5.73 Å². The summed E-state index contributed by atoms with van der Waals surface area (Å²) >= 11 is 0. The Kier molecular flexibility index (Phi) is 3.63. The van der Waals surface area contributed by atoms with Crippen molar-refractivity contribution in [1.82, 2.24) is 0 Å². The first kappa shape index (κ1) is 12.2. The van der Waals surface area contributed by atoms with Crippen molar-refractivity contribution in [2.24, 2.45) is 0 Å². The van der Waals surface area contributed by atoms with Gasteiger partial charge in [0.25, 0.3) is 0 Å². The van der Waals surface area contributed by atoms with E-state index >= 15 is 0 Å². The lowest BCUT2D eigenvalue weighted by atomic mass is 10.00. The Morgan fingerprint density at radius 2 is 1.83 bits per heavy atom. The smallest absolute Gasteiger partial charge is 0.335 e. The van der Waals surface area contributed by atoms with Crippen LogP contribution in [0.5, 0.6) is 0 Å². The number of hydrogen-bond donors (Lipinski definition) is 2. The summed E-state index contributed by atoms with van der Waals surface area (Å²) in [4.78, 5) is 11.1.